The number of nitrogens with one attached hydrogen (secondary N) is 2. The molecule has 1 atom stereocenters. The van der Waals surface area contributed by atoms with Gasteiger partial charge in [0.25, 0.3) is 0 Å². The van der Waals surface area contributed by atoms with E-state index in [0.29, 0.717) is 31.4 Å². The fourth-order valence-electron chi connectivity index (χ4n) is 2.32. The van der Waals surface area contributed by atoms with Crippen LogP contribution < -0.4 is 10.6 Å². The molecule has 122 valence electrons. The van der Waals surface area contributed by atoms with Crippen LogP contribution in [0.15, 0.2) is 0 Å². The molecule has 0 bridgehead atoms. The van der Waals surface area contributed by atoms with Gasteiger partial charge in [-0.1, -0.05) is 19.3 Å². The van der Waals surface area contributed by atoms with E-state index >= 15 is 0 Å². The second-order valence-electron chi connectivity index (χ2n) is 5.20. The standard InChI is InChI=1S/C14H26N2O4S/c1-21-10-7-12(13(17)18)16-14(19)15-8-9-20-11-5-3-2-4-6-11/h11-12H,2-10H2,1H3,(H,17,18)(H2,15,16,19). The Kier molecular flexibility index (Phi) is 9.25. The number of urea groups is 1. The Labute approximate surface area is 130 Å². The van der Waals surface area contributed by atoms with Gasteiger partial charge in [0.1, 0.15) is 6.04 Å². The summed E-state index contributed by atoms with van der Waals surface area (Å²) in [6, 6.07) is -1.28. The molecule has 7 heteroatoms. The third-order valence-electron chi connectivity index (χ3n) is 3.51. The van der Waals surface area contributed by atoms with Crippen LogP contribution in [0.3, 0.4) is 0 Å². The average molecular weight is 318 g/mol. The van der Waals surface area contributed by atoms with Crippen LogP contribution in [0.4, 0.5) is 4.79 Å². The number of carboxylic acid groups (broad SMARTS) is 1. The molecule has 2 amide bonds. The van der Waals surface area contributed by atoms with Crippen molar-refractivity contribution in [3.8, 4) is 0 Å². The van der Waals surface area contributed by atoms with E-state index in [1.165, 1.54) is 19.3 Å². The molecular formula is C14H26N2O4S. The molecule has 1 fully saturated rings. The molecule has 0 heterocycles. The van der Waals surface area contributed by atoms with Crippen LogP contribution in [0.2, 0.25) is 0 Å². The fraction of sp³-hybridized carbons (Fsp3) is 0.857. The van der Waals surface area contributed by atoms with Gasteiger partial charge in [0, 0.05) is 6.54 Å². The molecule has 0 aromatic heterocycles. The van der Waals surface area contributed by atoms with Crippen molar-refractivity contribution < 1.29 is 19.4 Å². The number of rotatable bonds is 9. The summed E-state index contributed by atoms with van der Waals surface area (Å²) in [5, 5.41) is 14.1. The fourth-order valence-corrected chi connectivity index (χ4v) is 2.80. The molecular weight excluding hydrogens is 292 g/mol. The minimum absolute atomic E-state index is 0.317. The number of hydrogen-bond donors (Lipinski definition) is 3. The van der Waals surface area contributed by atoms with Gasteiger partial charge >= 0.3 is 12.0 Å². The van der Waals surface area contributed by atoms with E-state index in [0.717, 1.165) is 12.8 Å². The molecule has 0 aliphatic heterocycles. The molecule has 1 unspecified atom stereocenters. The van der Waals surface area contributed by atoms with E-state index in [1.54, 1.807) is 11.8 Å². The normalized spacial score (nSPS) is 17.2. The number of carbonyl (C=O) groups is 2. The first-order chi connectivity index (χ1) is 10.1. The lowest BCUT2D eigenvalue weighted by molar-refractivity contribution is -0.139. The van der Waals surface area contributed by atoms with Crippen molar-refractivity contribution >= 4 is 23.8 Å². The Bertz CT molecular complexity index is 322. The quantitative estimate of drug-likeness (QED) is 0.565. The summed E-state index contributed by atoms with van der Waals surface area (Å²) in [4.78, 5) is 22.6. The molecule has 1 rings (SSSR count). The largest absolute Gasteiger partial charge is 0.480 e. The first-order valence-corrected chi connectivity index (χ1v) is 8.90. The lowest BCUT2D eigenvalue weighted by Crippen LogP contribution is -2.47. The Morgan fingerprint density at radius 2 is 2.05 bits per heavy atom. The maximum Gasteiger partial charge on any atom is 0.326 e. The molecule has 6 nitrogen and oxygen atoms in total. The summed E-state index contributed by atoms with van der Waals surface area (Å²) in [6.07, 6.45) is 8.56. The lowest BCUT2D eigenvalue weighted by Gasteiger charge is -2.22. The first kappa shape index (κ1) is 18.1. The van der Waals surface area contributed by atoms with Gasteiger partial charge < -0.3 is 20.5 Å². The van der Waals surface area contributed by atoms with E-state index in [-0.39, 0.29) is 0 Å². The highest BCUT2D eigenvalue weighted by atomic mass is 32.2. The number of thioether (sulfide) groups is 1. The Morgan fingerprint density at radius 3 is 2.67 bits per heavy atom. The van der Waals surface area contributed by atoms with Crippen molar-refractivity contribution in [3.63, 3.8) is 0 Å². The van der Waals surface area contributed by atoms with Gasteiger partial charge in [-0.05, 0) is 31.3 Å². The topological polar surface area (TPSA) is 87.7 Å². The van der Waals surface area contributed by atoms with Gasteiger partial charge in [0.2, 0.25) is 0 Å². The summed E-state index contributed by atoms with van der Waals surface area (Å²) in [6.45, 7) is 0.873. The summed E-state index contributed by atoms with van der Waals surface area (Å²) >= 11 is 1.56. The van der Waals surface area contributed by atoms with Crippen LogP contribution in [0.1, 0.15) is 38.5 Å². The molecule has 0 radical (unpaired) electrons. The van der Waals surface area contributed by atoms with Gasteiger partial charge in [0.05, 0.1) is 12.7 Å². The minimum atomic E-state index is -1.00. The Hall–Kier alpha value is -0.950. The number of aliphatic carboxylic acids is 1. The highest BCUT2D eigenvalue weighted by Gasteiger charge is 2.19. The molecule has 0 aromatic carbocycles. The lowest BCUT2D eigenvalue weighted by atomic mass is 9.98. The maximum absolute atomic E-state index is 11.6. The highest BCUT2D eigenvalue weighted by Crippen LogP contribution is 2.19. The predicted molar refractivity (Wildman–Crippen MR) is 83.8 cm³/mol. The van der Waals surface area contributed by atoms with Crippen molar-refractivity contribution in [1.82, 2.24) is 10.6 Å². The predicted octanol–water partition coefficient (Wildman–Crippen LogP) is 1.84. The van der Waals surface area contributed by atoms with Gasteiger partial charge in [0.15, 0.2) is 0 Å². The number of amides is 2. The molecule has 0 aromatic rings. The third-order valence-corrected chi connectivity index (χ3v) is 4.15. The van der Waals surface area contributed by atoms with Crippen LogP contribution >= 0.6 is 11.8 Å². The number of ether oxygens (including phenoxy) is 1. The monoisotopic (exact) mass is 318 g/mol. The zero-order valence-corrected chi connectivity index (χ0v) is 13.4. The van der Waals surface area contributed by atoms with E-state index in [2.05, 4.69) is 10.6 Å². The Morgan fingerprint density at radius 1 is 1.33 bits per heavy atom. The second kappa shape index (κ2) is 10.7. The smallest absolute Gasteiger partial charge is 0.326 e. The van der Waals surface area contributed by atoms with E-state index < -0.39 is 18.0 Å². The molecule has 1 aliphatic carbocycles. The summed E-state index contributed by atoms with van der Waals surface area (Å²) in [7, 11) is 0. The SMILES string of the molecule is CSCCC(NC(=O)NCCOC1CCCCC1)C(=O)O. The third kappa shape index (κ3) is 8.16. The van der Waals surface area contributed by atoms with Gasteiger partial charge in [-0.3, -0.25) is 0 Å². The number of carbonyl (C=O) groups excluding carboxylic acids is 1. The van der Waals surface area contributed by atoms with Crippen LogP contribution in [0.5, 0.6) is 0 Å². The molecule has 0 spiro atoms. The maximum atomic E-state index is 11.6. The summed E-state index contributed by atoms with van der Waals surface area (Å²) in [5.74, 6) is -0.306. The van der Waals surface area contributed by atoms with E-state index in [4.69, 9.17) is 9.84 Å². The zero-order chi connectivity index (χ0) is 15.5. The molecule has 21 heavy (non-hydrogen) atoms. The number of carboxylic acids is 1. The van der Waals surface area contributed by atoms with Crippen LogP contribution in [0.25, 0.3) is 0 Å². The highest BCUT2D eigenvalue weighted by molar-refractivity contribution is 7.98. The summed E-state index contributed by atoms with van der Waals surface area (Å²) in [5.41, 5.74) is 0. The van der Waals surface area contributed by atoms with Crippen molar-refractivity contribution in [3.05, 3.63) is 0 Å². The van der Waals surface area contributed by atoms with E-state index in [9.17, 15) is 9.59 Å². The van der Waals surface area contributed by atoms with E-state index in [1.807, 2.05) is 6.26 Å². The second-order valence-corrected chi connectivity index (χ2v) is 6.19. The van der Waals surface area contributed by atoms with Gasteiger partial charge in [-0.2, -0.15) is 11.8 Å². The average Bonchev–Trinajstić information content (AvgIpc) is 2.48. The molecule has 1 aliphatic rings. The van der Waals surface area contributed by atoms with Crippen LogP contribution in [0, 0.1) is 0 Å². The molecule has 0 saturated heterocycles. The van der Waals surface area contributed by atoms with Crippen LogP contribution in [-0.4, -0.2) is 54.4 Å². The number of hydrogen-bond acceptors (Lipinski definition) is 4. The molecule has 1 saturated carbocycles. The van der Waals surface area contributed by atoms with Crippen molar-refractivity contribution in [1.29, 1.82) is 0 Å². The minimum Gasteiger partial charge on any atom is -0.480 e. The van der Waals surface area contributed by atoms with Crippen LogP contribution in [-0.2, 0) is 9.53 Å². The van der Waals surface area contributed by atoms with Crippen molar-refractivity contribution in [2.45, 2.75) is 50.7 Å². The molecule has 3 N–H and O–H groups in total. The zero-order valence-electron chi connectivity index (χ0n) is 12.6. The Balaban J connectivity index is 2.12. The van der Waals surface area contributed by atoms with Gasteiger partial charge in [-0.25, -0.2) is 9.59 Å². The van der Waals surface area contributed by atoms with Crippen molar-refractivity contribution in [2.75, 3.05) is 25.2 Å². The van der Waals surface area contributed by atoms with Crippen molar-refractivity contribution in [2.24, 2.45) is 0 Å². The van der Waals surface area contributed by atoms with Gasteiger partial charge in [-0.15, -0.1) is 0 Å². The summed E-state index contributed by atoms with van der Waals surface area (Å²) < 4.78 is 5.69. The first-order valence-electron chi connectivity index (χ1n) is 7.51.